The molecule has 1 aromatic rings. The number of halogens is 2. The van der Waals surface area contributed by atoms with Crippen molar-refractivity contribution in [3.63, 3.8) is 0 Å². The van der Waals surface area contributed by atoms with Gasteiger partial charge in [0.05, 0.1) is 20.3 Å². The quantitative estimate of drug-likeness (QED) is 0.861. The molecule has 0 aliphatic carbocycles. The van der Waals surface area contributed by atoms with Crippen molar-refractivity contribution in [2.45, 2.75) is 25.8 Å². The Bertz CT molecular complexity index is 585. The minimum Gasteiger partial charge on any atom is -0.494 e. The number of methoxy groups -OCH3 is 1. The van der Waals surface area contributed by atoms with Gasteiger partial charge in [-0.3, -0.25) is 4.79 Å². The lowest BCUT2D eigenvalue weighted by atomic mass is 9.79. The van der Waals surface area contributed by atoms with Gasteiger partial charge in [-0.2, -0.15) is 0 Å². The van der Waals surface area contributed by atoms with Crippen LogP contribution < -0.4 is 4.74 Å². The van der Waals surface area contributed by atoms with Crippen molar-refractivity contribution < 1.29 is 23.0 Å². The maximum Gasteiger partial charge on any atom is 0.222 e. The van der Waals surface area contributed by atoms with E-state index >= 15 is 0 Å². The van der Waals surface area contributed by atoms with Gasteiger partial charge >= 0.3 is 0 Å². The van der Waals surface area contributed by atoms with E-state index in [-0.39, 0.29) is 29.2 Å². The van der Waals surface area contributed by atoms with Crippen LogP contribution in [0.1, 0.15) is 24.8 Å². The summed E-state index contributed by atoms with van der Waals surface area (Å²) in [6, 6.07) is 2.42. The van der Waals surface area contributed by atoms with E-state index in [1.807, 2.05) is 0 Å². The molecule has 2 aliphatic rings. The Morgan fingerprint density at radius 3 is 2.86 bits per heavy atom. The number of hydrogen-bond donors (Lipinski definition) is 0. The Morgan fingerprint density at radius 2 is 2.18 bits per heavy atom. The van der Waals surface area contributed by atoms with Gasteiger partial charge in [0, 0.05) is 30.6 Å². The van der Waals surface area contributed by atoms with Gasteiger partial charge < -0.3 is 14.4 Å². The van der Waals surface area contributed by atoms with Crippen molar-refractivity contribution in [2.75, 3.05) is 26.9 Å². The van der Waals surface area contributed by atoms with E-state index in [1.54, 1.807) is 4.90 Å². The first-order chi connectivity index (χ1) is 10.5. The number of ether oxygens (including phenoxy) is 2. The molecule has 0 aromatic heterocycles. The largest absolute Gasteiger partial charge is 0.494 e. The van der Waals surface area contributed by atoms with Gasteiger partial charge in [-0.25, -0.2) is 8.78 Å². The van der Waals surface area contributed by atoms with Crippen LogP contribution in [0.2, 0.25) is 0 Å². The summed E-state index contributed by atoms with van der Waals surface area (Å²) in [4.78, 5) is 13.7. The van der Waals surface area contributed by atoms with Crippen LogP contribution in [0.3, 0.4) is 0 Å². The highest BCUT2D eigenvalue weighted by Gasteiger charge is 2.41. The Labute approximate surface area is 128 Å². The smallest absolute Gasteiger partial charge is 0.222 e. The van der Waals surface area contributed by atoms with Crippen molar-refractivity contribution in [1.29, 1.82) is 0 Å². The normalized spacial score (nSPS) is 25.0. The van der Waals surface area contributed by atoms with Crippen LogP contribution in [0.4, 0.5) is 8.78 Å². The average molecular weight is 311 g/mol. The van der Waals surface area contributed by atoms with Crippen LogP contribution in [0.15, 0.2) is 12.1 Å². The van der Waals surface area contributed by atoms with Crippen molar-refractivity contribution in [3.05, 3.63) is 29.3 Å². The van der Waals surface area contributed by atoms with Crippen LogP contribution >= 0.6 is 0 Å². The molecule has 2 aliphatic heterocycles. The van der Waals surface area contributed by atoms with Gasteiger partial charge in [0.1, 0.15) is 5.82 Å². The molecule has 22 heavy (non-hydrogen) atoms. The molecule has 1 atom stereocenters. The standard InChI is InChI=1S/C16H19F2NO3/c1-21-13-3-2-12(17)11(15(13)18)8-19-9-16(5-4-14(19)20)6-7-22-10-16/h2-3H,4-10H2,1H3. The second-order valence-electron chi connectivity index (χ2n) is 6.09. The third kappa shape index (κ3) is 2.67. The van der Waals surface area contributed by atoms with Gasteiger partial charge in [-0.05, 0) is 25.0 Å². The Hall–Kier alpha value is -1.69. The third-order valence-corrected chi connectivity index (χ3v) is 4.65. The number of benzene rings is 1. The highest BCUT2D eigenvalue weighted by Crippen LogP contribution is 2.39. The molecule has 0 radical (unpaired) electrons. The molecule has 6 heteroatoms. The van der Waals surface area contributed by atoms with Crippen LogP contribution in [-0.4, -0.2) is 37.7 Å². The summed E-state index contributed by atoms with van der Waals surface area (Å²) >= 11 is 0. The molecule has 1 spiro atoms. The van der Waals surface area contributed by atoms with E-state index < -0.39 is 11.6 Å². The minimum atomic E-state index is -0.738. The number of amides is 1. The summed E-state index contributed by atoms with van der Waals surface area (Å²) in [5.41, 5.74) is -0.177. The Balaban J connectivity index is 1.84. The van der Waals surface area contributed by atoms with E-state index in [0.717, 1.165) is 12.8 Å². The molecule has 4 nitrogen and oxygen atoms in total. The average Bonchev–Trinajstić information content (AvgIpc) is 2.96. The molecule has 0 N–H and O–H groups in total. The third-order valence-electron chi connectivity index (χ3n) is 4.65. The maximum absolute atomic E-state index is 14.3. The number of carbonyl (C=O) groups excluding carboxylic acids is 1. The van der Waals surface area contributed by atoms with E-state index in [4.69, 9.17) is 9.47 Å². The zero-order chi connectivity index (χ0) is 15.7. The molecule has 3 rings (SSSR count). The van der Waals surface area contributed by atoms with E-state index in [9.17, 15) is 13.6 Å². The van der Waals surface area contributed by atoms with Crippen molar-refractivity contribution in [2.24, 2.45) is 5.41 Å². The second-order valence-corrected chi connectivity index (χ2v) is 6.09. The van der Waals surface area contributed by atoms with Crippen LogP contribution in [0.5, 0.6) is 5.75 Å². The molecular formula is C16H19F2NO3. The monoisotopic (exact) mass is 311 g/mol. The second kappa shape index (κ2) is 5.83. The van der Waals surface area contributed by atoms with Gasteiger partial charge in [-0.1, -0.05) is 0 Å². The Kier molecular flexibility index (Phi) is 4.04. The lowest BCUT2D eigenvalue weighted by Gasteiger charge is -2.39. The highest BCUT2D eigenvalue weighted by molar-refractivity contribution is 5.77. The number of piperidine rings is 1. The molecule has 2 saturated heterocycles. The number of nitrogens with zero attached hydrogens (tertiary/aromatic N) is 1. The number of likely N-dealkylation sites (tertiary alicyclic amines) is 1. The molecule has 2 fully saturated rings. The number of hydrogen-bond acceptors (Lipinski definition) is 3. The summed E-state index contributed by atoms with van der Waals surface area (Å²) in [6.45, 7) is 1.71. The van der Waals surface area contributed by atoms with Gasteiger partial charge in [0.25, 0.3) is 0 Å². The summed E-state index contributed by atoms with van der Waals surface area (Å²) < 4.78 is 38.6. The van der Waals surface area contributed by atoms with Gasteiger partial charge in [0.2, 0.25) is 5.91 Å². The maximum atomic E-state index is 14.3. The fraction of sp³-hybridized carbons (Fsp3) is 0.562. The molecule has 0 bridgehead atoms. The summed E-state index contributed by atoms with van der Waals surface area (Å²) in [7, 11) is 1.33. The summed E-state index contributed by atoms with van der Waals surface area (Å²) in [5.74, 6) is -1.48. The van der Waals surface area contributed by atoms with E-state index in [1.165, 1.54) is 19.2 Å². The van der Waals surface area contributed by atoms with E-state index in [2.05, 4.69) is 0 Å². The summed E-state index contributed by atoms with van der Waals surface area (Å²) in [5, 5.41) is 0. The highest BCUT2D eigenvalue weighted by atomic mass is 19.1. The zero-order valence-corrected chi connectivity index (χ0v) is 12.5. The minimum absolute atomic E-state index is 0.0141. The van der Waals surface area contributed by atoms with E-state index in [0.29, 0.717) is 26.2 Å². The topological polar surface area (TPSA) is 38.8 Å². The van der Waals surface area contributed by atoms with Crippen LogP contribution in [0, 0.1) is 17.0 Å². The predicted octanol–water partition coefficient (Wildman–Crippen LogP) is 2.50. The van der Waals surface area contributed by atoms with Crippen LogP contribution in [-0.2, 0) is 16.1 Å². The summed E-state index contributed by atoms with van der Waals surface area (Å²) in [6.07, 6.45) is 2.07. The SMILES string of the molecule is COc1ccc(F)c(CN2CC3(CCOC3)CCC2=O)c1F. The first kappa shape index (κ1) is 15.2. The lowest BCUT2D eigenvalue weighted by Crippen LogP contribution is -2.46. The van der Waals surface area contributed by atoms with Crippen LogP contribution in [0.25, 0.3) is 0 Å². The Morgan fingerprint density at radius 1 is 1.36 bits per heavy atom. The fourth-order valence-corrected chi connectivity index (χ4v) is 3.29. The molecular weight excluding hydrogens is 292 g/mol. The predicted molar refractivity (Wildman–Crippen MR) is 75.4 cm³/mol. The van der Waals surface area contributed by atoms with Crippen molar-refractivity contribution in [1.82, 2.24) is 4.90 Å². The number of carbonyl (C=O) groups is 1. The fourth-order valence-electron chi connectivity index (χ4n) is 3.29. The molecule has 0 saturated carbocycles. The van der Waals surface area contributed by atoms with Crippen molar-refractivity contribution >= 4 is 5.91 Å². The molecule has 120 valence electrons. The van der Waals surface area contributed by atoms with Gasteiger partial charge in [-0.15, -0.1) is 0 Å². The first-order valence-electron chi connectivity index (χ1n) is 7.41. The van der Waals surface area contributed by atoms with Gasteiger partial charge in [0.15, 0.2) is 11.6 Å². The molecule has 1 unspecified atom stereocenters. The first-order valence-corrected chi connectivity index (χ1v) is 7.41. The van der Waals surface area contributed by atoms with Crippen molar-refractivity contribution in [3.8, 4) is 5.75 Å². The lowest BCUT2D eigenvalue weighted by molar-refractivity contribution is -0.138. The zero-order valence-electron chi connectivity index (χ0n) is 12.5. The molecule has 1 aromatic carbocycles. The molecule has 2 heterocycles. The molecule has 1 amide bonds. The number of rotatable bonds is 3.